The van der Waals surface area contributed by atoms with Gasteiger partial charge in [-0.3, -0.25) is 9.59 Å². The quantitative estimate of drug-likeness (QED) is 0.391. The SMILES string of the molecule is CCNC(=O)C(Cc1ccccc1)N(Cc1cccc(Cl)c1)C(=O)Cc1c(Cl)cccc1Cl. The largest absolute Gasteiger partial charge is 0.355 e. The molecule has 1 atom stereocenters. The molecule has 0 aliphatic heterocycles. The zero-order valence-corrected chi connectivity index (χ0v) is 20.5. The van der Waals surface area contributed by atoms with Crippen LogP contribution in [0.1, 0.15) is 23.6 Å². The summed E-state index contributed by atoms with van der Waals surface area (Å²) in [5, 5.41) is 4.26. The second-order valence-corrected chi connectivity index (χ2v) is 8.88. The smallest absolute Gasteiger partial charge is 0.243 e. The number of nitrogens with one attached hydrogen (secondary N) is 1. The van der Waals surface area contributed by atoms with Crippen molar-refractivity contribution in [3.63, 3.8) is 0 Å². The van der Waals surface area contributed by atoms with E-state index < -0.39 is 6.04 Å². The van der Waals surface area contributed by atoms with Crippen molar-refractivity contribution >= 4 is 46.6 Å². The Kier molecular flexibility index (Phi) is 9.19. The van der Waals surface area contributed by atoms with E-state index in [0.717, 1.165) is 11.1 Å². The molecule has 0 spiro atoms. The van der Waals surface area contributed by atoms with Crippen molar-refractivity contribution < 1.29 is 9.59 Å². The lowest BCUT2D eigenvalue weighted by atomic mass is 10.0. The number of carbonyl (C=O) groups is 2. The van der Waals surface area contributed by atoms with Crippen LogP contribution in [0, 0.1) is 0 Å². The van der Waals surface area contributed by atoms with Gasteiger partial charge < -0.3 is 10.2 Å². The van der Waals surface area contributed by atoms with Gasteiger partial charge in [0.25, 0.3) is 0 Å². The molecule has 7 heteroatoms. The highest BCUT2D eigenvalue weighted by molar-refractivity contribution is 6.36. The van der Waals surface area contributed by atoms with Gasteiger partial charge in [0.2, 0.25) is 11.8 Å². The minimum absolute atomic E-state index is 0.0240. The zero-order chi connectivity index (χ0) is 23.8. The highest BCUT2D eigenvalue weighted by atomic mass is 35.5. The second kappa shape index (κ2) is 12.1. The Hall–Kier alpha value is -2.53. The number of carbonyl (C=O) groups excluding carboxylic acids is 2. The van der Waals surface area contributed by atoms with Gasteiger partial charge in [0.05, 0.1) is 6.42 Å². The number of hydrogen-bond acceptors (Lipinski definition) is 2. The molecule has 0 aliphatic rings. The van der Waals surface area contributed by atoms with E-state index in [1.165, 1.54) is 0 Å². The first-order valence-electron chi connectivity index (χ1n) is 10.7. The molecule has 3 aromatic carbocycles. The normalized spacial score (nSPS) is 11.6. The Balaban J connectivity index is 1.99. The predicted molar refractivity (Wildman–Crippen MR) is 135 cm³/mol. The van der Waals surface area contributed by atoms with Crippen molar-refractivity contribution in [2.45, 2.75) is 32.4 Å². The van der Waals surface area contributed by atoms with Gasteiger partial charge in [0.15, 0.2) is 0 Å². The van der Waals surface area contributed by atoms with Gasteiger partial charge in [0.1, 0.15) is 6.04 Å². The molecule has 0 saturated carbocycles. The number of likely N-dealkylation sites (N-methyl/N-ethyl adjacent to an activating group) is 1. The van der Waals surface area contributed by atoms with E-state index in [0.29, 0.717) is 33.6 Å². The van der Waals surface area contributed by atoms with Gasteiger partial charge in [-0.2, -0.15) is 0 Å². The molecule has 3 rings (SSSR count). The predicted octanol–water partition coefficient (Wildman–Crippen LogP) is 5.97. The maximum Gasteiger partial charge on any atom is 0.243 e. The fourth-order valence-corrected chi connectivity index (χ4v) is 4.38. The van der Waals surface area contributed by atoms with Gasteiger partial charge in [-0.1, -0.05) is 83.3 Å². The Morgan fingerprint density at radius 1 is 0.879 bits per heavy atom. The summed E-state index contributed by atoms with van der Waals surface area (Å²) in [6, 6.07) is 21.3. The average molecular weight is 504 g/mol. The molecule has 172 valence electrons. The molecular formula is C26H25Cl3N2O2. The van der Waals surface area contributed by atoms with Crippen LogP contribution >= 0.6 is 34.8 Å². The first-order chi connectivity index (χ1) is 15.9. The topological polar surface area (TPSA) is 49.4 Å². The Morgan fingerprint density at radius 2 is 1.52 bits per heavy atom. The van der Waals surface area contributed by atoms with Crippen LogP contribution in [0.25, 0.3) is 0 Å². The summed E-state index contributed by atoms with van der Waals surface area (Å²) in [5.41, 5.74) is 2.31. The van der Waals surface area contributed by atoms with E-state index in [1.54, 1.807) is 35.2 Å². The highest BCUT2D eigenvalue weighted by Crippen LogP contribution is 2.26. The lowest BCUT2D eigenvalue weighted by Gasteiger charge is -2.32. The van der Waals surface area contributed by atoms with Gasteiger partial charge in [-0.25, -0.2) is 0 Å². The van der Waals surface area contributed by atoms with Crippen LogP contribution in [0.15, 0.2) is 72.8 Å². The number of amides is 2. The van der Waals surface area contributed by atoms with Crippen molar-refractivity contribution in [2.75, 3.05) is 6.54 Å². The maximum absolute atomic E-state index is 13.6. The molecule has 0 radical (unpaired) electrons. The van der Waals surface area contributed by atoms with E-state index in [-0.39, 0.29) is 24.8 Å². The van der Waals surface area contributed by atoms with Crippen molar-refractivity contribution in [1.82, 2.24) is 10.2 Å². The molecule has 1 unspecified atom stereocenters. The lowest BCUT2D eigenvalue weighted by molar-refractivity contribution is -0.140. The molecule has 2 amide bonds. The molecule has 0 saturated heterocycles. The summed E-state index contributed by atoms with van der Waals surface area (Å²) < 4.78 is 0. The van der Waals surface area contributed by atoms with Crippen LogP contribution in [0.2, 0.25) is 15.1 Å². The molecule has 3 aromatic rings. The Bertz CT molecular complexity index is 1090. The van der Waals surface area contributed by atoms with Gasteiger partial charge >= 0.3 is 0 Å². The van der Waals surface area contributed by atoms with E-state index >= 15 is 0 Å². The van der Waals surface area contributed by atoms with Crippen molar-refractivity contribution in [3.8, 4) is 0 Å². The number of hydrogen-bond donors (Lipinski definition) is 1. The van der Waals surface area contributed by atoms with Crippen LogP contribution in [0.4, 0.5) is 0 Å². The van der Waals surface area contributed by atoms with Crippen LogP contribution in [-0.4, -0.2) is 29.3 Å². The van der Waals surface area contributed by atoms with Crippen LogP contribution in [0.5, 0.6) is 0 Å². The Morgan fingerprint density at radius 3 is 2.15 bits per heavy atom. The number of rotatable bonds is 9. The second-order valence-electron chi connectivity index (χ2n) is 7.63. The zero-order valence-electron chi connectivity index (χ0n) is 18.2. The molecule has 4 nitrogen and oxygen atoms in total. The average Bonchev–Trinajstić information content (AvgIpc) is 2.79. The monoisotopic (exact) mass is 502 g/mol. The van der Waals surface area contributed by atoms with Gasteiger partial charge in [0, 0.05) is 34.6 Å². The summed E-state index contributed by atoms with van der Waals surface area (Å²) >= 11 is 18.8. The van der Waals surface area contributed by atoms with E-state index in [2.05, 4.69) is 5.32 Å². The maximum atomic E-state index is 13.6. The molecule has 0 aliphatic carbocycles. The molecule has 1 N–H and O–H groups in total. The number of nitrogens with zero attached hydrogens (tertiary/aromatic N) is 1. The van der Waals surface area contributed by atoms with E-state index in [4.69, 9.17) is 34.8 Å². The number of halogens is 3. The Labute approximate surface area is 209 Å². The molecule has 0 heterocycles. The van der Waals surface area contributed by atoms with Crippen LogP contribution < -0.4 is 5.32 Å². The van der Waals surface area contributed by atoms with Gasteiger partial charge in [-0.15, -0.1) is 0 Å². The number of benzene rings is 3. The first-order valence-corrected chi connectivity index (χ1v) is 11.8. The standard InChI is InChI=1S/C26H25Cl3N2O2/c1-2-30-26(33)24(15-18-8-4-3-5-9-18)31(17-19-10-6-11-20(27)14-19)25(32)16-21-22(28)12-7-13-23(21)29/h3-14,24H,2,15-17H2,1H3,(H,30,33). The molecule has 0 fully saturated rings. The van der Waals surface area contributed by atoms with E-state index in [9.17, 15) is 9.59 Å². The summed E-state index contributed by atoms with van der Waals surface area (Å²) in [6.07, 6.45) is 0.346. The van der Waals surface area contributed by atoms with Crippen molar-refractivity contribution in [1.29, 1.82) is 0 Å². The highest BCUT2D eigenvalue weighted by Gasteiger charge is 2.30. The third-order valence-electron chi connectivity index (χ3n) is 5.25. The first kappa shape index (κ1) is 25.1. The van der Waals surface area contributed by atoms with Crippen molar-refractivity contribution in [2.24, 2.45) is 0 Å². The summed E-state index contributed by atoms with van der Waals surface area (Å²) in [7, 11) is 0. The summed E-state index contributed by atoms with van der Waals surface area (Å²) in [6.45, 7) is 2.53. The fourth-order valence-electron chi connectivity index (χ4n) is 3.63. The van der Waals surface area contributed by atoms with Crippen LogP contribution in [0.3, 0.4) is 0 Å². The lowest BCUT2D eigenvalue weighted by Crippen LogP contribution is -2.51. The third kappa shape index (κ3) is 6.97. The van der Waals surface area contributed by atoms with Crippen LogP contribution in [-0.2, 0) is 29.0 Å². The summed E-state index contributed by atoms with van der Waals surface area (Å²) in [5.74, 6) is -0.473. The minimum Gasteiger partial charge on any atom is -0.355 e. The molecule has 0 aromatic heterocycles. The van der Waals surface area contributed by atoms with Crippen molar-refractivity contribution in [3.05, 3.63) is 105 Å². The van der Waals surface area contributed by atoms with E-state index in [1.807, 2.05) is 49.4 Å². The molecule has 33 heavy (non-hydrogen) atoms. The molecule has 0 bridgehead atoms. The fraction of sp³-hybridized carbons (Fsp3) is 0.231. The molecular weight excluding hydrogens is 479 g/mol. The third-order valence-corrected chi connectivity index (χ3v) is 6.20. The summed E-state index contributed by atoms with van der Waals surface area (Å²) in [4.78, 5) is 28.4. The van der Waals surface area contributed by atoms with Gasteiger partial charge in [-0.05, 0) is 47.9 Å². The minimum atomic E-state index is -0.722.